The third kappa shape index (κ3) is 6.08. The molecule has 2 aromatic heterocycles. The van der Waals surface area contributed by atoms with Crippen LogP contribution in [0.15, 0.2) is 76.5 Å². The zero-order valence-corrected chi connectivity index (χ0v) is 20.2. The van der Waals surface area contributed by atoms with Gasteiger partial charge in [-0.2, -0.15) is 0 Å². The quantitative estimate of drug-likeness (QED) is 0.281. The minimum atomic E-state index is -0.0956. The van der Waals surface area contributed by atoms with Crippen molar-refractivity contribution in [1.29, 1.82) is 0 Å². The number of anilines is 1. The number of nitrogens with one attached hydrogen (secondary N) is 1. The lowest BCUT2D eigenvalue weighted by molar-refractivity contribution is -0.113. The molecule has 0 saturated carbocycles. The van der Waals surface area contributed by atoms with Gasteiger partial charge in [0.15, 0.2) is 11.0 Å². The number of carbonyl (C=O) groups excluding carboxylic acids is 1. The molecule has 176 valence electrons. The van der Waals surface area contributed by atoms with Gasteiger partial charge < -0.3 is 14.5 Å². The van der Waals surface area contributed by atoms with E-state index in [9.17, 15) is 4.79 Å². The Morgan fingerprint density at radius 1 is 1.12 bits per heavy atom. The van der Waals surface area contributed by atoms with E-state index < -0.39 is 0 Å². The number of amides is 1. The molecule has 0 fully saturated rings. The van der Waals surface area contributed by atoms with Crippen LogP contribution >= 0.6 is 11.8 Å². The van der Waals surface area contributed by atoms with Crippen molar-refractivity contribution in [3.63, 3.8) is 0 Å². The summed E-state index contributed by atoms with van der Waals surface area (Å²) in [4.78, 5) is 12.6. The number of rotatable bonds is 11. The highest BCUT2D eigenvalue weighted by atomic mass is 32.2. The van der Waals surface area contributed by atoms with Crippen molar-refractivity contribution in [2.45, 2.75) is 37.9 Å². The summed E-state index contributed by atoms with van der Waals surface area (Å²) in [6.07, 6.45) is 5.03. The largest absolute Gasteiger partial charge is 0.497 e. The molecule has 0 aliphatic carbocycles. The number of carbonyl (C=O) groups is 1. The molecular weight excluding hydrogens is 448 g/mol. The van der Waals surface area contributed by atoms with Gasteiger partial charge in [-0.05, 0) is 54.8 Å². The van der Waals surface area contributed by atoms with E-state index in [0.29, 0.717) is 17.5 Å². The van der Waals surface area contributed by atoms with Gasteiger partial charge in [0.05, 0.1) is 25.7 Å². The monoisotopic (exact) mass is 476 g/mol. The van der Waals surface area contributed by atoms with Crippen LogP contribution in [0.3, 0.4) is 0 Å². The highest BCUT2D eigenvalue weighted by molar-refractivity contribution is 7.99. The number of hydrogen-bond acceptors (Lipinski definition) is 6. The first-order valence-electron chi connectivity index (χ1n) is 11.3. The zero-order chi connectivity index (χ0) is 23.8. The predicted molar refractivity (Wildman–Crippen MR) is 134 cm³/mol. The molecule has 0 radical (unpaired) electrons. The van der Waals surface area contributed by atoms with Crippen molar-refractivity contribution in [3.05, 3.63) is 78.3 Å². The van der Waals surface area contributed by atoms with Crippen molar-refractivity contribution >= 4 is 23.4 Å². The number of aromatic nitrogens is 3. The van der Waals surface area contributed by atoms with Crippen molar-refractivity contribution in [3.8, 4) is 17.1 Å². The first-order valence-corrected chi connectivity index (χ1v) is 12.3. The maximum atomic E-state index is 12.6. The van der Waals surface area contributed by atoms with Crippen LogP contribution in [-0.4, -0.2) is 33.5 Å². The minimum Gasteiger partial charge on any atom is -0.497 e. The number of thioether (sulfide) groups is 1. The number of ether oxygens (including phenoxy) is 1. The lowest BCUT2D eigenvalue weighted by Crippen LogP contribution is -2.14. The molecule has 34 heavy (non-hydrogen) atoms. The summed E-state index contributed by atoms with van der Waals surface area (Å²) in [5.41, 5.74) is 2.95. The normalized spacial score (nSPS) is 10.9. The number of nitrogens with zero attached hydrogens (tertiary/aromatic N) is 3. The molecule has 0 aliphatic rings. The Morgan fingerprint density at radius 3 is 2.71 bits per heavy atom. The van der Waals surface area contributed by atoms with Gasteiger partial charge in [0.1, 0.15) is 11.5 Å². The molecule has 0 unspecified atom stereocenters. The zero-order valence-electron chi connectivity index (χ0n) is 19.4. The van der Waals surface area contributed by atoms with Crippen LogP contribution < -0.4 is 10.1 Å². The number of hydrogen-bond donors (Lipinski definition) is 1. The summed E-state index contributed by atoms with van der Waals surface area (Å²) < 4.78 is 12.9. The van der Waals surface area contributed by atoms with Gasteiger partial charge in [-0.15, -0.1) is 10.2 Å². The van der Waals surface area contributed by atoms with Crippen molar-refractivity contribution in [1.82, 2.24) is 14.8 Å². The maximum absolute atomic E-state index is 12.6. The first kappa shape index (κ1) is 23.6. The van der Waals surface area contributed by atoms with Crippen LogP contribution in [0.25, 0.3) is 11.4 Å². The SMILES string of the molecule is CCCCc1ccc(NC(=O)CSc2nnc(-c3cccc(OC)c3)n2Cc2ccco2)cc1. The highest BCUT2D eigenvalue weighted by Crippen LogP contribution is 2.27. The number of benzene rings is 2. The second kappa shape index (κ2) is 11.6. The number of unbranched alkanes of at least 4 members (excludes halogenated alkanes) is 1. The van der Waals surface area contributed by atoms with E-state index in [1.165, 1.54) is 30.2 Å². The van der Waals surface area contributed by atoms with Crippen LogP contribution in [0.2, 0.25) is 0 Å². The second-order valence-corrected chi connectivity index (χ2v) is 8.78. The molecule has 7 nitrogen and oxygen atoms in total. The molecule has 4 rings (SSSR count). The van der Waals surface area contributed by atoms with Crippen LogP contribution in [0.5, 0.6) is 5.75 Å². The van der Waals surface area contributed by atoms with Gasteiger partial charge in [-0.3, -0.25) is 9.36 Å². The Hall–Kier alpha value is -3.52. The summed E-state index contributed by atoms with van der Waals surface area (Å²) in [5.74, 6) is 2.31. The Balaban J connectivity index is 1.46. The van der Waals surface area contributed by atoms with Crippen molar-refractivity contribution in [2.24, 2.45) is 0 Å². The second-order valence-electron chi connectivity index (χ2n) is 7.84. The average Bonchev–Trinajstić information content (AvgIpc) is 3.53. The predicted octanol–water partition coefficient (Wildman–Crippen LogP) is 5.67. The van der Waals surface area contributed by atoms with Gasteiger partial charge in [0.25, 0.3) is 0 Å². The first-order chi connectivity index (χ1) is 16.7. The molecule has 4 aromatic rings. The topological polar surface area (TPSA) is 82.2 Å². The van der Waals surface area contributed by atoms with Gasteiger partial charge in [-0.25, -0.2) is 0 Å². The summed E-state index contributed by atoms with van der Waals surface area (Å²) >= 11 is 1.34. The van der Waals surface area contributed by atoms with E-state index in [-0.39, 0.29) is 11.7 Å². The van der Waals surface area contributed by atoms with Gasteiger partial charge in [-0.1, -0.05) is 49.4 Å². The molecule has 0 spiro atoms. The van der Waals surface area contributed by atoms with E-state index in [1.807, 2.05) is 53.1 Å². The van der Waals surface area contributed by atoms with E-state index in [4.69, 9.17) is 9.15 Å². The average molecular weight is 477 g/mol. The fourth-order valence-electron chi connectivity index (χ4n) is 3.53. The van der Waals surface area contributed by atoms with Crippen LogP contribution in [0.1, 0.15) is 31.1 Å². The van der Waals surface area contributed by atoms with Crippen LogP contribution in [0, 0.1) is 0 Å². The number of methoxy groups -OCH3 is 1. The number of aryl methyl sites for hydroxylation is 1. The van der Waals surface area contributed by atoms with Gasteiger partial charge >= 0.3 is 0 Å². The van der Waals surface area contributed by atoms with E-state index in [2.05, 4.69) is 34.6 Å². The van der Waals surface area contributed by atoms with Crippen molar-refractivity contribution < 1.29 is 13.9 Å². The van der Waals surface area contributed by atoms with E-state index in [1.54, 1.807) is 13.4 Å². The lowest BCUT2D eigenvalue weighted by Gasteiger charge is -2.10. The highest BCUT2D eigenvalue weighted by Gasteiger charge is 2.17. The van der Waals surface area contributed by atoms with Gasteiger partial charge in [0.2, 0.25) is 5.91 Å². The molecule has 0 bridgehead atoms. The summed E-state index contributed by atoms with van der Waals surface area (Å²) in [6, 6.07) is 19.4. The molecule has 0 aliphatic heterocycles. The third-order valence-corrected chi connectivity index (χ3v) is 6.29. The van der Waals surface area contributed by atoms with Gasteiger partial charge in [0, 0.05) is 11.3 Å². The minimum absolute atomic E-state index is 0.0956. The molecule has 8 heteroatoms. The fourth-order valence-corrected chi connectivity index (χ4v) is 4.27. The maximum Gasteiger partial charge on any atom is 0.234 e. The summed E-state index contributed by atoms with van der Waals surface area (Å²) in [6.45, 7) is 2.64. The Labute approximate surface area is 203 Å². The molecular formula is C26H28N4O3S. The summed E-state index contributed by atoms with van der Waals surface area (Å²) in [7, 11) is 1.63. The van der Waals surface area contributed by atoms with Crippen molar-refractivity contribution in [2.75, 3.05) is 18.2 Å². The molecule has 0 atom stereocenters. The smallest absolute Gasteiger partial charge is 0.234 e. The van der Waals surface area contributed by atoms with Crippen LogP contribution in [0.4, 0.5) is 5.69 Å². The molecule has 2 aromatic carbocycles. The van der Waals surface area contributed by atoms with E-state index in [0.717, 1.165) is 29.2 Å². The summed E-state index contributed by atoms with van der Waals surface area (Å²) in [5, 5.41) is 12.4. The standard InChI is InChI=1S/C26H28N4O3S/c1-3-4-7-19-11-13-21(14-12-19)27-24(31)18-34-26-29-28-25(20-8-5-9-22(16-20)32-2)30(26)17-23-10-6-15-33-23/h5-6,8-16H,3-4,7,17-18H2,1-2H3,(H,27,31). The van der Waals surface area contributed by atoms with E-state index >= 15 is 0 Å². The Morgan fingerprint density at radius 2 is 1.97 bits per heavy atom. The van der Waals surface area contributed by atoms with Crippen LogP contribution in [-0.2, 0) is 17.8 Å². The molecule has 1 N–H and O–H groups in total. The molecule has 0 saturated heterocycles. The number of furan rings is 1. The molecule has 1 amide bonds. The Bertz CT molecular complexity index is 1200. The Kier molecular flexibility index (Phi) is 8.04. The fraction of sp³-hybridized carbons (Fsp3) is 0.269. The third-order valence-electron chi connectivity index (χ3n) is 5.33. The lowest BCUT2D eigenvalue weighted by atomic mass is 10.1. The molecule has 2 heterocycles.